The second kappa shape index (κ2) is 8.04. The Morgan fingerprint density at radius 2 is 1.86 bits per heavy atom. The van der Waals surface area contributed by atoms with Gasteiger partial charge in [-0.15, -0.1) is 0 Å². The van der Waals surface area contributed by atoms with Gasteiger partial charge in [0.1, 0.15) is 23.9 Å². The monoisotopic (exact) mass is 381 g/mol. The molecular weight excluding hydrogens is 361 g/mol. The molecule has 0 saturated heterocycles. The first-order valence-corrected chi connectivity index (χ1v) is 8.66. The van der Waals surface area contributed by atoms with Gasteiger partial charge in [-0.1, -0.05) is 6.07 Å². The number of carbonyl (C=O) groups is 1. The van der Waals surface area contributed by atoms with Gasteiger partial charge in [-0.05, 0) is 55.8 Å². The lowest BCUT2D eigenvalue weighted by Gasteiger charge is -2.14. The van der Waals surface area contributed by atoms with E-state index >= 15 is 0 Å². The molecule has 3 rings (SSSR count). The zero-order chi connectivity index (χ0) is 20.3. The van der Waals surface area contributed by atoms with Gasteiger partial charge in [0.05, 0.1) is 12.8 Å². The maximum atomic E-state index is 13.3. The molecule has 0 fully saturated rings. The molecule has 0 saturated carbocycles. The summed E-state index contributed by atoms with van der Waals surface area (Å²) in [7, 11) is 1.52. The van der Waals surface area contributed by atoms with Gasteiger partial charge in [0.25, 0.3) is 5.56 Å². The number of amides is 1. The van der Waals surface area contributed by atoms with Crippen molar-refractivity contribution in [1.29, 1.82) is 0 Å². The predicted octanol–water partition coefficient (Wildman–Crippen LogP) is 3.31. The fraction of sp³-hybridized carbons (Fsp3) is 0.190. The fourth-order valence-corrected chi connectivity index (χ4v) is 2.85. The van der Waals surface area contributed by atoms with Crippen LogP contribution in [0.2, 0.25) is 0 Å². The summed E-state index contributed by atoms with van der Waals surface area (Å²) >= 11 is 0. The van der Waals surface area contributed by atoms with Crippen molar-refractivity contribution < 1.29 is 13.9 Å². The molecule has 28 heavy (non-hydrogen) atoms. The summed E-state index contributed by atoms with van der Waals surface area (Å²) in [6.07, 6.45) is 0. The van der Waals surface area contributed by atoms with Crippen LogP contribution in [0, 0.1) is 19.7 Å². The molecule has 1 N–H and O–H groups in total. The standard InChI is InChI=1S/C21H20FN3O3/c1-13-4-9-18(28-3)17(10-13)24-19(26)12-25-20(27)11-14(2)23-21(25)15-5-7-16(22)8-6-15/h4-11H,12H2,1-3H3,(H,24,26). The summed E-state index contributed by atoms with van der Waals surface area (Å²) in [4.78, 5) is 29.5. The van der Waals surface area contributed by atoms with Gasteiger partial charge in [0.15, 0.2) is 0 Å². The van der Waals surface area contributed by atoms with Crippen molar-refractivity contribution in [2.75, 3.05) is 12.4 Å². The average Bonchev–Trinajstić information content (AvgIpc) is 2.64. The summed E-state index contributed by atoms with van der Waals surface area (Å²) in [6.45, 7) is 3.35. The van der Waals surface area contributed by atoms with Gasteiger partial charge in [0, 0.05) is 17.3 Å². The normalized spacial score (nSPS) is 10.6. The second-order valence-corrected chi connectivity index (χ2v) is 6.40. The minimum atomic E-state index is -0.403. The Balaban J connectivity index is 1.94. The highest BCUT2D eigenvalue weighted by Crippen LogP contribution is 2.25. The lowest BCUT2D eigenvalue weighted by atomic mass is 10.2. The van der Waals surface area contributed by atoms with Crippen molar-refractivity contribution in [1.82, 2.24) is 9.55 Å². The van der Waals surface area contributed by atoms with E-state index in [-0.39, 0.29) is 12.1 Å². The number of rotatable bonds is 5. The first-order chi connectivity index (χ1) is 13.4. The van der Waals surface area contributed by atoms with E-state index in [1.807, 2.05) is 13.0 Å². The minimum absolute atomic E-state index is 0.240. The van der Waals surface area contributed by atoms with Gasteiger partial charge < -0.3 is 10.1 Å². The number of anilines is 1. The van der Waals surface area contributed by atoms with Crippen LogP contribution < -0.4 is 15.6 Å². The van der Waals surface area contributed by atoms with Crippen molar-refractivity contribution in [3.63, 3.8) is 0 Å². The van der Waals surface area contributed by atoms with E-state index in [2.05, 4.69) is 10.3 Å². The van der Waals surface area contributed by atoms with E-state index < -0.39 is 11.7 Å². The molecule has 0 bridgehead atoms. The Bertz CT molecular complexity index is 1080. The van der Waals surface area contributed by atoms with Crippen LogP contribution in [-0.2, 0) is 11.3 Å². The first kappa shape index (κ1) is 19.3. The van der Waals surface area contributed by atoms with E-state index in [4.69, 9.17) is 4.74 Å². The van der Waals surface area contributed by atoms with Crippen LogP contribution in [-0.4, -0.2) is 22.6 Å². The predicted molar refractivity (Wildman–Crippen MR) is 105 cm³/mol. The summed E-state index contributed by atoms with van der Waals surface area (Å²) < 4.78 is 19.8. The number of ether oxygens (including phenoxy) is 1. The molecular formula is C21H20FN3O3. The van der Waals surface area contributed by atoms with E-state index in [1.54, 1.807) is 19.1 Å². The van der Waals surface area contributed by atoms with Gasteiger partial charge in [-0.3, -0.25) is 14.2 Å². The van der Waals surface area contributed by atoms with Gasteiger partial charge >= 0.3 is 0 Å². The van der Waals surface area contributed by atoms with Crippen LogP contribution in [0.4, 0.5) is 10.1 Å². The Kier molecular flexibility index (Phi) is 5.54. The third-order valence-corrected chi connectivity index (χ3v) is 4.17. The molecule has 1 aromatic heterocycles. The molecule has 3 aromatic rings. The molecule has 0 aliphatic carbocycles. The Morgan fingerprint density at radius 1 is 1.14 bits per heavy atom. The number of aromatic nitrogens is 2. The van der Waals surface area contributed by atoms with Crippen LogP contribution in [0.1, 0.15) is 11.3 Å². The lowest BCUT2D eigenvalue weighted by Crippen LogP contribution is -2.29. The van der Waals surface area contributed by atoms with E-state index in [0.717, 1.165) is 5.56 Å². The number of methoxy groups -OCH3 is 1. The number of nitrogens with zero attached hydrogens (tertiary/aromatic N) is 2. The highest BCUT2D eigenvalue weighted by Gasteiger charge is 2.15. The van der Waals surface area contributed by atoms with Crippen molar-refractivity contribution in [2.24, 2.45) is 0 Å². The van der Waals surface area contributed by atoms with Crippen molar-refractivity contribution in [3.05, 3.63) is 76.0 Å². The van der Waals surface area contributed by atoms with Crippen LogP contribution in [0.5, 0.6) is 5.75 Å². The Hall–Kier alpha value is -3.48. The number of halogens is 1. The maximum Gasteiger partial charge on any atom is 0.254 e. The summed E-state index contributed by atoms with van der Waals surface area (Å²) in [5.74, 6) is 0.0260. The topological polar surface area (TPSA) is 73.2 Å². The van der Waals surface area contributed by atoms with Crippen molar-refractivity contribution in [2.45, 2.75) is 20.4 Å². The number of carbonyl (C=O) groups excluding carboxylic acids is 1. The molecule has 1 heterocycles. The molecule has 2 aromatic carbocycles. The van der Waals surface area contributed by atoms with Crippen LogP contribution in [0.15, 0.2) is 53.3 Å². The highest BCUT2D eigenvalue weighted by molar-refractivity contribution is 5.92. The third-order valence-electron chi connectivity index (χ3n) is 4.17. The number of hydrogen-bond acceptors (Lipinski definition) is 4. The lowest BCUT2D eigenvalue weighted by molar-refractivity contribution is -0.116. The van der Waals surface area contributed by atoms with Crippen molar-refractivity contribution in [3.8, 4) is 17.1 Å². The van der Waals surface area contributed by atoms with Gasteiger partial charge in [-0.2, -0.15) is 0 Å². The summed E-state index contributed by atoms with van der Waals surface area (Å²) in [6, 6.07) is 12.4. The van der Waals surface area contributed by atoms with Gasteiger partial charge in [0.2, 0.25) is 5.91 Å². The zero-order valence-electron chi connectivity index (χ0n) is 15.8. The quantitative estimate of drug-likeness (QED) is 0.736. The molecule has 0 atom stereocenters. The third kappa shape index (κ3) is 4.25. The van der Waals surface area contributed by atoms with E-state index in [0.29, 0.717) is 28.5 Å². The molecule has 1 amide bonds. The molecule has 0 unspecified atom stereocenters. The number of aryl methyl sites for hydroxylation is 2. The van der Waals surface area contributed by atoms with Crippen LogP contribution in [0.25, 0.3) is 11.4 Å². The van der Waals surface area contributed by atoms with E-state index in [9.17, 15) is 14.0 Å². The summed E-state index contributed by atoms with van der Waals surface area (Å²) in [5, 5.41) is 2.77. The maximum absolute atomic E-state index is 13.3. The smallest absolute Gasteiger partial charge is 0.254 e. The SMILES string of the molecule is COc1ccc(C)cc1NC(=O)Cn1c(-c2ccc(F)cc2)nc(C)cc1=O. The Labute approximate surface area is 161 Å². The first-order valence-electron chi connectivity index (χ1n) is 8.66. The largest absolute Gasteiger partial charge is 0.495 e. The molecule has 0 radical (unpaired) electrons. The van der Waals surface area contributed by atoms with E-state index in [1.165, 1.54) is 42.0 Å². The van der Waals surface area contributed by atoms with Crippen LogP contribution in [0.3, 0.4) is 0 Å². The molecule has 0 aliphatic rings. The number of benzene rings is 2. The Morgan fingerprint density at radius 3 is 2.54 bits per heavy atom. The minimum Gasteiger partial charge on any atom is -0.495 e. The molecule has 6 nitrogen and oxygen atoms in total. The zero-order valence-corrected chi connectivity index (χ0v) is 15.8. The number of hydrogen-bond donors (Lipinski definition) is 1. The molecule has 144 valence electrons. The van der Waals surface area contributed by atoms with Crippen LogP contribution >= 0.6 is 0 Å². The average molecular weight is 381 g/mol. The molecule has 0 spiro atoms. The molecule has 0 aliphatic heterocycles. The summed E-state index contributed by atoms with van der Waals surface area (Å²) in [5.41, 5.74) is 2.17. The fourth-order valence-electron chi connectivity index (χ4n) is 2.85. The van der Waals surface area contributed by atoms with Gasteiger partial charge in [-0.25, -0.2) is 9.37 Å². The number of nitrogens with one attached hydrogen (secondary N) is 1. The highest BCUT2D eigenvalue weighted by atomic mass is 19.1. The second-order valence-electron chi connectivity index (χ2n) is 6.40. The van der Waals surface area contributed by atoms with Crippen molar-refractivity contribution >= 4 is 11.6 Å². The molecule has 7 heteroatoms.